The molecule has 3 nitrogen and oxygen atoms in total. The molecule has 92 valence electrons. The number of rotatable bonds is 6. The molecular formula is C13H19N3S. The summed E-state index contributed by atoms with van der Waals surface area (Å²) in [6, 6.07) is 2.40. The first-order valence-electron chi connectivity index (χ1n) is 6.12. The number of nitrogens with one attached hydrogen (secondary N) is 1. The van der Waals surface area contributed by atoms with Crippen LogP contribution < -0.4 is 5.32 Å². The number of aromatic nitrogens is 2. The third-order valence-electron chi connectivity index (χ3n) is 2.79. The van der Waals surface area contributed by atoms with E-state index in [9.17, 15) is 0 Å². The van der Waals surface area contributed by atoms with Crippen molar-refractivity contribution in [2.24, 2.45) is 0 Å². The lowest BCUT2D eigenvalue weighted by Crippen LogP contribution is -2.23. The highest BCUT2D eigenvalue weighted by molar-refractivity contribution is 7.08. The molecule has 2 aromatic heterocycles. The first-order chi connectivity index (χ1) is 8.35. The van der Waals surface area contributed by atoms with Crippen LogP contribution in [-0.4, -0.2) is 16.1 Å². The smallest absolute Gasteiger partial charge is 0.0950 e. The molecule has 2 heterocycles. The van der Waals surface area contributed by atoms with Crippen molar-refractivity contribution in [3.8, 4) is 0 Å². The van der Waals surface area contributed by atoms with E-state index >= 15 is 0 Å². The molecule has 0 amide bonds. The zero-order chi connectivity index (χ0) is 12.1. The molecule has 2 aromatic rings. The van der Waals surface area contributed by atoms with E-state index in [2.05, 4.69) is 51.7 Å². The van der Waals surface area contributed by atoms with Crippen molar-refractivity contribution in [3.63, 3.8) is 0 Å². The summed E-state index contributed by atoms with van der Waals surface area (Å²) in [6.07, 6.45) is 5.17. The average Bonchev–Trinajstić information content (AvgIpc) is 3.00. The van der Waals surface area contributed by atoms with Gasteiger partial charge in [0.2, 0.25) is 0 Å². The van der Waals surface area contributed by atoms with Gasteiger partial charge in [-0.25, -0.2) is 4.98 Å². The highest BCUT2D eigenvalue weighted by Crippen LogP contribution is 2.22. The van der Waals surface area contributed by atoms with Gasteiger partial charge in [0.1, 0.15) is 0 Å². The Morgan fingerprint density at radius 1 is 1.47 bits per heavy atom. The standard InChI is InChI=1S/C13H19N3S/c1-3-6-14-13(11-5-7-17-9-11)12-8-16(4-2)10-15-12/h5,7-10,13-14H,3-4,6H2,1-2H3. The first kappa shape index (κ1) is 12.3. The quantitative estimate of drug-likeness (QED) is 0.852. The van der Waals surface area contributed by atoms with Crippen LogP contribution in [0.4, 0.5) is 0 Å². The molecule has 1 atom stereocenters. The molecular weight excluding hydrogens is 230 g/mol. The van der Waals surface area contributed by atoms with Gasteiger partial charge in [-0.05, 0) is 42.3 Å². The van der Waals surface area contributed by atoms with Gasteiger partial charge in [-0.3, -0.25) is 0 Å². The van der Waals surface area contributed by atoms with E-state index in [0.29, 0.717) is 0 Å². The maximum atomic E-state index is 4.50. The van der Waals surface area contributed by atoms with Crippen molar-refractivity contribution in [2.75, 3.05) is 6.54 Å². The topological polar surface area (TPSA) is 29.9 Å². The summed E-state index contributed by atoms with van der Waals surface area (Å²) in [5.74, 6) is 0. The summed E-state index contributed by atoms with van der Waals surface area (Å²) in [5, 5.41) is 7.87. The minimum absolute atomic E-state index is 0.231. The number of aryl methyl sites for hydroxylation is 1. The molecule has 0 bridgehead atoms. The van der Waals surface area contributed by atoms with Gasteiger partial charge in [0.05, 0.1) is 18.1 Å². The summed E-state index contributed by atoms with van der Waals surface area (Å²) in [5.41, 5.74) is 2.42. The van der Waals surface area contributed by atoms with Gasteiger partial charge in [-0.2, -0.15) is 11.3 Å². The third kappa shape index (κ3) is 2.96. The SMILES string of the molecule is CCCNC(c1ccsc1)c1cn(CC)cn1. The van der Waals surface area contributed by atoms with Crippen LogP contribution in [0.3, 0.4) is 0 Å². The zero-order valence-corrected chi connectivity index (χ0v) is 11.2. The maximum absolute atomic E-state index is 4.50. The fourth-order valence-electron chi connectivity index (χ4n) is 1.82. The lowest BCUT2D eigenvalue weighted by molar-refractivity contribution is 0.589. The average molecular weight is 249 g/mol. The summed E-state index contributed by atoms with van der Waals surface area (Å²) < 4.78 is 2.11. The lowest BCUT2D eigenvalue weighted by Gasteiger charge is -2.15. The molecule has 17 heavy (non-hydrogen) atoms. The van der Waals surface area contributed by atoms with Crippen LogP contribution >= 0.6 is 11.3 Å². The van der Waals surface area contributed by atoms with Crippen LogP contribution in [0.5, 0.6) is 0 Å². The Kier molecular flexibility index (Phi) is 4.34. The van der Waals surface area contributed by atoms with Gasteiger partial charge in [0, 0.05) is 12.7 Å². The third-order valence-corrected chi connectivity index (χ3v) is 3.49. The first-order valence-corrected chi connectivity index (χ1v) is 7.06. The highest BCUT2D eigenvalue weighted by Gasteiger charge is 2.16. The minimum atomic E-state index is 0.231. The Hall–Kier alpha value is -1.13. The van der Waals surface area contributed by atoms with Crippen LogP contribution in [-0.2, 0) is 6.54 Å². The fraction of sp³-hybridized carbons (Fsp3) is 0.462. The molecule has 2 rings (SSSR count). The summed E-state index contributed by atoms with van der Waals surface area (Å²) >= 11 is 1.73. The normalized spacial score (nSPS) is 12.8. The monoisotopic (exact) mass is 249 g/mol. The Morgan fingerprint density at radius 3 is 2.94 bits per heavy atom. The Balaban J connectivity index is 2.20. The fourth-order valence-corrected chi connectivity index (χ4v) is 2.51. The second-order valence-corrected chi connectivity index (χ2v) is 4.85. The van der Waals surface area contributed by atoms with Crippen molar-refractivity contribution >= 4 is 11.3 Å². The minimum Gasteiger partial charge on any atom is -0.337 e. The molecule has 0 aliphatic carbocycles. The van der Waals surface area contributed by atoms with Crippen molar-refractivity contribution in [1.82, 2.24) is 14.9 Å². The number of thiophene rings is 1. The molecule has 0 saturated carbocycles. The lowest BCUT2D eigenvalue weighted by atomic mass is 10.1. The van der Waals surface area contributed by atoms with Crippen molar-refractivity contribution in [2.45, 2.75) is 32.9 Å². The van der Waals surface area contributed by atoms with Gasteiger partial charge < -0.3 is 9.88 Å². The maximum Gasteiger partial charge on any atom is 0.0950 e. The largest absolute Gasteiger partial charge is 0.337 e. The summed E-state index contributed by atoms with van der Waals surface area (Å²) in [7, 11) is 0. The molecule has 0 aliphatic heterocycles. The highest BCUT2D eigenvalue weighted by atomic mass is 32.1. The van der Waals surface area contributed by atoms with E-state index in [1.807, 2.05) is 6.33 Å². The van der Waals surface area contributed by atoms with E-state index < -0.39 is 0 Å². The molecule has 4 heteroatoms. The predicted octanol–water partition coefficient (Wildman–Crippen LogP) is 3.05. The van der Waals surface area contributed by atoms with Crippen LogP contribution in [0.2, 0.25) is 0 Å². The van der Waals surface area contributed by atoms with Crippen molar-refractivity contribution in [3.05, 3.63) is 40.6 Å². The molecule has 0 spiro atoms. The molecule has 1 unspecified atom stereocenters. The summed E-state index contributed by atoms with van der Waals surface area (Å²) in [4.78, 5) is 4.50. The van der Waals surface area contributed by atoms with Gasteiger partial charge in [-0.15, -0.1) is 0 Å². The van der Waals surface area contributed by atoms with Crippen LogP contribution in [0, 0.1) is 0 Å². The van der Waals surface area contributed by atoms with Gasteiger partial charge >= 0.3 is 0 Å². The molecule has 0 saturated heterocycles. The van der Waals surface area contributed by atoms with E-state index in [1.165, 1.54) is 5.56 Å². The zero-order valence-electron chi connectivity index (χ0n) is 10.4. The van der Waals surface area contributed by atoms with Crippen LogP contribution in [0.1, 0.15) is 37.6 Å². The second-order valence-electron chi connectivity index (χ2n) is 4.07. The predicted molar refractivity (Wildman–Crippen MR) is 72.4 cm³/mol. The Morgan fingerprint density at radius 2 is 2.35 bits per heavy atom. The molecule has 1 N–H and O–H groups in total. The summed E-state index contributed by atoms with van der Waals surface area (Å²) in [6.45, 7) is 6.30. The van der Waals surface area contributed by atoms with Crippen LogP contribution in [0.25, 0.3) is 0 Å². The van der Waals surface area contributed by atoms with Gasteiger partial charge in [-0.1, -0.05) is 6.92 Å². The van der Waals surface area contributed by atoms with Gasteiger partial charge in [0.25, 0.3) is 0 Å². The molecule has 0 fully saturated rings. The molecule has 0 aliphatic rings. The van der Waals surface area contributed by atoms with E-state index in [-0.39, 0.29) is 6.04 Å². The molecule has 0 radical (unpaired) electrons. The number of hydrogen-bond acceptors (Lipinski definition) is 3. The van der Waals surface area contributed by atoms with Crippen molar-refractivity contribution in [1.29, 1.82) is 0 Å². The molecule has 0 aromatic carbocycles. The van der Waals surface area contributed by atoms with Crippen molar-refractivity contribution < 1.29 is 0 Å². The second kappa shape index (κ2) is 5.98. The Labute approximate surface area is 107 Å². The van der Waals surface area contributed by atoms with E-state index in [4.69, 9.17) is 0 Å². The number of hydrogen-bond donors (Lipinski definition) is 1. The van der Waals surface area contributed by atoms with Gasteiger partial charge in [0.15, 0.2) is 0 Å². The Bertz CT molecular complexity index is 433. The number of imidazole rings is 1. The van der Waals surface area contributed by atoms with E-state index in [1.54, 1.807) is 11.3 Å². The van der Waals surface area contributed by atoms with Crippen LogP contribution in [0.15, 0.2) is 29.4 Å². The number of nitrogens with zero attached hydrogens (tertiary/aromatic N) is 2. The van der Waals surface area contributed by atoms with E-state index in [0.717, 1.165) is 25.2 Å².